The third kappa shape index (κ3) is 3.84. The first kappa shape index (κ1) is 15.8. The Morgan fingerprint density at radius 1 is 1.26 bits per heavy atom. The summed E-state index contributed by atoms with van der Waals surface area (Å²) in [6.07, 6.45) is -10.4. The Bertz CT molecular complexity index is 512. The number of hydrogen-bond acceptors (Lipinski definition) is 3. The highest BCUT2D eigenvalue weighted by molar-refractivity contribution is 14.1. The molecule has 0 radical (unpaired) electrons. The molecular weight excluding hydrogens is 399 g/mol. The molecule has 0 fully saturated rings. The summed E-state index contributed by atoms with van der Waals surface area (Å²) in [7, 11) is 0. The Morgan fingerprint density at radius 2 is 1.79 bits per heavy atom. The van der Waals surface area contributed by atoms with Crippen molar-refractivity contribution in [3.8, 4) is 5.75 Å². The minimum atomic E-state index is -5.40. The number of halogens is 7. The van der Waals surface area contributed by atoms with Crippen LogP contribution in [0.2, 0.25) is 0 Å². The minimum Gasteiger partial charge on any atom is -0.478 e. The van der Waals surface area contributed by atoms with Crippen LogP contribution in [0.15, 0.2) is 6.20 Å². The van der Waals surface area contributed by atoms with Crippen molar-refractivity contribution in [2.24, 2.45) is 0 Å². The van der Waals surface area contributed by atoms with E-state index in [-0.39, 0.29) is 0 Å². The summed E-state index contributed by atoms with van der Waals surface area (Å²) < 4.78 is 76.7. The normalized spacial score (nSPS) is 12.4. The maximum atomic E-state index is 12.7. The van der Waals surface area contributed by atoms with Crippen LogP contribution in [0.4, 0.5) is 26.3 Å². The maximum absolute atomic E-state index is 12.7. The number of rotatable bonds is 2. The van der Waals surface area contributed by atoms with Crippen molar-refractivity contribution in [2.45, 2.75) is 12.5 Å². The number of aromatic nitrogens is 1. The fraction of sp³-hybridized carbons (Fsp3) is 0.250. The Kier molecular flexibility index (Phi) is 4.17. The Hall–Kier alpha value is -1.27. The Morgan fingerprint density at radius 3 is 2.16 bits per heavy atom. The molecule has 1 rings (SSSR count). The van der Waals surface area contributed by atoms with Crippen molar-refractivity contribution in [1.82, 2.24) is 4.98 Å². The standard InChI is InChI=1S/C8H2F6INO3/c9-7(10,11)3-2(6(17)18)1-16-5(15)4(3)19-8(12,13)14/h1H,(H,17,18). The Labute approximate surface area is 114 Å². The largest absolute Gasteiger partial charge is 0.573 e. The molecule has 0 aromatic carbocycles. The van der Waals surface area contributed by atoms with Crippen LogP contribution in [-0.2, 0) is 6.18 Å². The minimum absolute atomic E-state index is 0.316. The van der Waals surface area contributed by atoms with Gasteiger partial charge >= 0.3 is 18.5 Å². The van der Waals surface area contributed by atoms with E-state index in [1.807, 2.05) is 0 Å². The number of nitrogens with zero attached hydrogens (tertiary/aromatic N) is 1. The van der Waals surface area contributed by atoms with Crippen LogP contribution in [0.1, 0.15) is 15.9 Å². The van der Waals surface area contributed by atoms with E-state index in [0.29, 0.717) is 6.20 Å². The molecule has 106 valence electrons. The van der Waals surface area contributed by atoms with Gasteiger partial charge < -0.3 is 9.84 Å². The topological polar surface area (TPSA) is 59.4 Å². The fourth-order valence-electron chi connectivity index (χ4n) is 1.12. The summed E-state index contributed by atoms with van der Waals surface area (Å²) in [5, 5.41) is 8.56. The van der Waals surface area contributed by atoms with Crippen LogP contribution in [-0.4, -0.2) is 22.4 Å². The van der Waals surface area contributed by atoms with Crippen molar-refractivity contribution in [3.05, 3.63) is 21.0 Å². The predicted molar refractivity (Wildman–Crippen MR) is 55.6 cm³/mol. The van der Waals surface area contributed by atoms with Crippen molar-refractivity contribution >= 4 is 28.6 Å². The van der Waals surface area contributed by atoms with Gasteiger partial charge in [0.25, 0.3) is 0 Å². The molecule has 0 saturated carbocycles. The number of ether oxygens (including phenoxy) is 1. The van der Waals surface area contributed by atoms with Gasteiger partial charge in [0.1, 0.15) is 9.26 Å². The predicted octanol–water partition coefficient (Wildman–Crippen LogP) is 3.30. The summed E-state index contributed by atoms with van der Waals surface area (Å²) in [4.78, 5) is 13.8. The lowest BCUT2D eigenvalue weighted by Crippen LogP contribution is -2.23. The highest BCUT2D eigenvalue weighted by Gasteiger charge is 2.44. The highest BCUT2D eigenvalue weighted by atomic mass is 127. The van der Waals surface area contributed by atoms with E-state index in [1.165, 1.54) is 0 Å². The van der Waals surface area contributed by atoms with Crippen LogP contribution in [0.25, 0.3) is 0 Å². The average molecular weight is 401 g/mol. The van der Waals surface area contributed by atoms with Crippen LogP contribution in [0, 0.1) is 3.70 Å². The van der Waals surface area contributed by atoms with Crippen LogP contribution in [0.3, 0.4) is 0 Å². The van der Waals surface area contributed by atoms with Gasteiger partial charge in [-0.15, -0.1) is 13.2 Å². The maximum Gasteiger partial charge on any atom is 0.573 e. The van der Waals surface area contributed by atoms with Gasteiger partial charge in [-0.05, 0) is 22.6 Å². The van der Waals surface area contributed by atoms with Crippen molar-refractivity contribution in [2.75, 3.05) is 0 Å². The number of alkyl halides is 6. The monoisotopic (exact) mass is 401 g/mol. The van der Waals surface area contributed by atoms with E-state index in [4.69, 9.17) is 5.11 Å². The van der Waals surface area contributed by atoms with Gasteiger partial charge in [-0.3, -0.25) is 0 Å². The molecule has 11 heteroatoms. The molecule has 19 heavy (non-hydrogen) atoms. The lowest BCUT2D eigenvalue weighted by molar-refractivity contribution is -0.276. The molecule has 0 atom stereocenters. The van der Waals surface area contributed by atoms with E-state index >= 15 is 0 Å². The second-order valence-electron chi connectivity index (χ2n) is 3.02. The van der Waals surface area contributed by atoms with Crippen molar-refractivity contribution in [3.63, 3.8) is 0 Å². The Balaban J connectivity index is 3.59. The quantitative estimate of drug-likeness (QED) is 0.470. The second-order valence-corrected chi connectivity index (χ2v) is 4.04. The van der Waals surface area contributed by atoms with Gasteiger partial charge in [-0.25, -0.2) is 9.78 Å². The number of carboxylic acids is 1. The molecule has 0 amide bonds. The smallest absolute Gasteiger partial charge is 0.478 e. The zero-order valence-corrected chi connectivity index (χ0v) is 10.6. The number of carboxylic acid groups (broad SMARTS) is 1. The fourth-order valence-corrected chi connectivity index (χ4v) is 1.64. The van der Waals surface area contributed by atoms with Crippen LogP contribution in [0.5, 0.6) is 5.75 Å². The number of carbonyl (C=O) groups is 1. The number of pyridine rings is 1. The molecule has 1 aromatic heterocycles. The van der Waals surface area contributed by atoms with E-state index in [1.54, 1.807) is 0 Å². The van der Waals surface area contributed by atoms with E-state index in [0.717, 1.165) is 22.6 Å². The van der Waals surface area contributed by atoms with Gasteiger partial charge in [0.05, 0.1) is 5.56 Å². The lowest BCUT2D eigenvalue weighted by Gasteiger charge is -2.17. The molecule has 0 aliphatic heterocycles. The van der Waals surface area contributed by atoms with Gasteiger partial charge in [0.15, 0.2) is 5.75 Å². The molecule has 1 N–H and O–H groups in total. The molecule has 0 unspecified atom stereocenters. The second kappa shape index (κ2) is 5.02. The van der Waals surface area contributed by atoms with Gasteiger partial charge in [0.2, 0.25) is 0 Å². The zero-order valence-electron chi connectivity index (χ0n) is 8.43. The number of aromatic carboxylic acids is 1. The summed E-state index contributed by atoms with van der Waals surface area (Å²) in [6.45, 7) is 0. The first-order valence-corrected chi connectivity index (χ1v) is 5.26. The van der Waals surface area contributed by atoms with Crippen molar-refractivity contribution in [1.29, 1.82) is 0 Å². The third-order valence-electron chi connectivity index (χ3n) is 1.72. The molecule has 1 heterocycles. The molecule has 0 aliphatic carbocycles. The zero-order chi connectivity index (χ0) is 15.0. The molecule has 4 nitrogen and oxygen atoms in total. The molecule has 0 spiro atoms. The van der Waals surface area contributed by atoms with Gasteiger partial charge in [-0.2, -0.15) is 13.2 Å². The molecule has 0 saturated heterocycles. The summed E-state index contributed by atoms with van der Waals surface area (Å²) in [5.74, 6) is -3.75. The SMILES string of the molecule is O=C(O)c1cnc(I)c(OC(F)(F)F)c1C(F)(F)F. The van der Waals surface area contributed by atoms with Gasteiger partial charge in [0, 0.05) is 6.20 Å². The van der Waals surface area contributed by atoms with Crippen molar-refractivity contribution < 1.29 is 41.0 Å². The third-order valence-corrected chi connectivity index (χ3v) is 2.49. The lowest BCUT2D eigenvalue weighted by atomic mass is 10.1. The number of hydrogen-bond donors (Lipinski definition) is 1. The first-order valence-electron chi connectivity index (χ1n) is 4.18. The first-order chi connectivity index (χ1) is 8.43. The summed E-state index contributed by atoms with van der Waals surface area (Å²) in [6, 6.07) is 0. The molecule has 1 aromatic rings. The summed E-state index contributed by atoms with van der Waals surface area (Å²) in [5.41, 5.74) is -3.45. The highest BCUT2D eigenvalue weighted by Crippen LogP contribution is 2.42. The van der Waals surface area contributed by atoms with Crippen LogP contribution < -0.4 is 4.74 Å². The average Bonchev–Trinajstić information content (AvgIpc) is 2.16. The van der Waals surface area contributed by atoms with E-state index in [2.05, 4.69) is 9.72 Å². The molecule has 0 bridgehead atoms. The van der Waals surface area contributed by atoms with Gasteiger partial charge in [-0.1, -0.05) is 0 Å². The van der Waals surface area contributed by atoms with Crippen LogP contribution >= 0.6 is 22.6 Å². The summed E-state index contributed by atoms with van der Waals surface area (Å²) >= 11 is 1.08. The van der Waals surface area contributed by atoms with E-state index < -0.39 is 39.1 Å². The van der Waals surface area contributed by atoms with E-state index in [9.17, 15) is 31.1 Å². The molecule has 0 aliphatic rings. The molecular formula is C8H2F6INO3.